The number of rotatable bonds is 7. The lowest BCUT2D eigenvalue weighted by Crippen LogP contribution is -2.28. The van der Waals surface area contributed by atoms with Crippen LogP contribution in [0.25, 0.3) is 0 Å². The molecule has 1 N–H and O–H groups in total. The highest BCUT2D eigenvalue weighted by Crippen LogP contribution is 2.18. The van der Waals surface area contributed by atoms with Gasteiger partial charge >= 0.3 is 0 Å². The van der Waals surface area contributed by atoms with Crippen molar-refractivity contribution < 1.29 is 9.21 Å². The number of carbonyl (C=O) groups is 1. The molecular formula is C14H15N5O2S2. The summed E-state index contributed by atoms with van der Waals surface area (Å²) in [6.07, 6.45) is 1.59. The molecule has 0 saturated heterocycles. The molecule has 0 fully saturated rings. The lowest BCUT2D eigenvalue weighted by Gasteiger charge is -2.10. The van der Waals surface area contributed by atoms with E-state index < -0.39 is 0 Å². The Morgan fingerprint density at radius 3 is 3.13 bits per heavy atom. The average Bonchev–Trinajstić information content (AvgIpc) is 3.29. The Hall–Kier alpha value is -2.13. The summed E-state index contributed by atoms with van der Waals surface area (Å²) >= 11 is 2.96. The first kappa shape index (κ1) is 15.8. The van der Waals surface area contributed by atoms with Crippen LogP contribution in [-0.2, 0) is 11.3 Å². The molecule has 0 bridgehead atoms. The van der Waals surface area contributed by atoms with Crippen LogP contribution in [0, 0.1) is 0 Å². The van der Waals surface area contributed by atoms with Crippen LogP contribution in [0.1, 0.15) is 23.6 Å². The van der Waals surface area contributed by atoms with Crippen molar-refractivity contribution in [1.29, 1.82) is 0 Å². The fraction of sp³-hybridized carbons (Fsp3) is 0.286. The average molecular weight is 349 g/mol. The van der Waals surface area contributed by atoms with Gasteiger partial charge in [-0.25, -0.2) is 4.68 Å². The summed E-state index contributed by atoms with van der Waals surface area (Å²) in [4.78, 5) is 13.2. The molecule has 1 unspecified atom stereocenters. The van der Waals surface area contributed by atoms with E-state index >= 15 is 0 Å². The summed E-state index contributed by atoms with van der Waals surface area (Å²) in [5, 5.41) is 17.1. The fourth-order valence-electron chi connectivity index (χ4n) is 1.97. The standard InChI is InChI=1S/C14H15N5O2S2/c1-10(12-5-2-6-21-12)15-13(20)9-23-14-16-17-18-19(14)8-11-4-3-7-22-11/h2-7,10H,8-9H2,1H3,(H,15,20). The molecule has 120 valence electrons. The van der Waals surface area contributed by atoms with Gasteiger partial charge in [0.15, 0.2) is 0 Å². The number of tetrazole rings is 1. The van der Waals surface area contributed by atoms with Crippen LogP contribution in [-0.4, -0.2) is 31.9 Å². The lowest BCUT2D eigenvalue weighted by atomic mass is 10.2. The van der Waals surface area contributed by atoms with Gasteiger partial charge in [-0.15, -0.1) is 16.4 Å². The van der Waals surface area contributed by atoms with Gasteiger partial charge in [-0.05, 0) is 40.9 Å². The molecule has 0 aliphatic rings. The first-order valence-electron chi connectivity index (χ1n) is 6.96. The zero-order valence-corrected chi connectivity index (χ0v) is 14.0. The second kappa shape index (κ2) is 7.42. The minimum absolute atomic E-state index is 0.0930. The molecule has 1 amide bonds. The van der Waals surface area contributed by atoms with Crippen molar-refractivity contribution in [2.75, 3.05) is 5.75 Å². The van der Waals surface area contributed by atoms with E-state index in [1.54, 1.807) is 28.3 Å². The zero-order chi connectivity index (χ0) is 16.1. The van der Waals surface area contributed by atoms with Crippen molar-refractivity contribution in [3.05, 3.63) is 46.5 Å². The summed E-state index contributed by atoms with van der Waals surface area (Å²) in [5.41, 5.74) is 0. The van der Waals surface area contributed by atoms with Gasteiger partial charge in [0.05, 0.1) is 24.6 Å². The Kier molecular flexibility index (Phi) is 5.09. The number of nitrogens with one attached hydrogen (secondary N) is 1. The predicted octanol–water partition coefficient (Wildman–Crippen LogP) is 2.35. The Morgan fingerprint density at radius 2 is 2.39 bits per heavy atom. The highest BCUT2D eigenvalue weighted by atomic mass is 32.2. The third-order valence-electron chi connectivity index (χ3n) is 3.06. The minimum atomic E-state index is -0.166. The van der Waals surface area contributed by atoms with Gasteiger partial charge in [-0.2, -0.15) is 0 Å². The Morgan fingerprint density at radius 1 is 1.48 bits per heavy atom. The van der Waals surface area contributed by atoms with Gasteiger partial charge in [0.1, 0.15) is 5.76 Å². The van der Waals surface area contributed by atoms with E-state index in [-0.39, 0.29) is 17.7 Å². The molecule has 9 heteroatoms. The number of furan rings is 1. The van der Waals surface area contributed by atoms with Crippen LogP contribution in [0.15, 0.2) is 45.5 Å². The smallest absolute Gasteiger partial charge is 0.231 e. The van der Waals surface area contributed by atoms with E-state index in [4.69, 9.17) is 4.42 Å². The van der Waals surface area contributed by atoms with Crippen molar-refractivity contribution in [2.45, 2.75) is 24.7 Å². The van der Waals surface area contributed by atoms with Crippen molar-refractivity contribution in [1.82, 2.24) is 25.5 Å². The minimum Gasteiger partial charge on any atom is -0.467 e. The third-order valence-corrected chi connectivity index (χ3v) is 4.88. The molecule has 0 aromatic carbocycles. The topological polar surface area (TPSA) is 85.8 Å². The molecule has 3 heterocycles. The fourth-order valence-corrected chi connectivity index (χ4v) is 3.34. The summed E-state index contributed by atoms with van der Waals surface area (Å²) < 4.78 is 6.96. The van der Waals surface area contributed by atoms with E-state index in [2.05, 4.69) is 20.8 Å². The molecule has 0 spiro atoms. The third kappa shape index (κ3) is 4.20. The highest BCUT2D eigenvalue weighted by molar-refractivity contribution is 7.99. The summed E-state index contributed by atoms with van der Waals surface area (Å²) in [6.45, 7) is 2.49. The second-order valence-corrected chi connectivity index (χ2v) is 6.77. The molecule has 3 aromatic rings. The largest absolute Gasteiger partial charge is 0.467 e. The monoisotopic (exact) mass is 349 g/mol. The SMILES string of the molecule is CC(NC(=O)CSc1nnnn1Cc1cccs1)c1ccco1. The van der Waals surface area contributed by atoms with Gasteiger partial charge in [0, 0.05) is 4.88 Å². The maximum atomic E-state index is 12.0. The first-order valence-corrected chi connectivity index (χ1v) is 8.83. The number of hydrogen-bond acceptors (Lipinski definition) is 7. The van der Waals surface area contributed by atoms with Crippen LogP contribution < -0.4 is 5.32 Å². The number of hydrogen-bond donors (Lipinski definition) is 1. The Labute approximate surface area is 141 Å². The highest BCUT2D eigenvalue weighted by Gasteiger charge is 2.14. The van der Waals surface area contributed by atoms with Crippen LogP contribution in [0.5, 0.6) is 0 Å². The number of thioether (sulfide) groups is 1. The van der Waals surface area contributed by atoms with Crippen molar-refractivity contribution in [3.8, 4) is 0 Å². The predicted molar refractivity (Wildman–Crippen MR) is 87.2 cm³/mol. The Balaban J connectivity index is 1.52. The molecule has 7 nitrogen and oxygen atoms in total. The zero-order valence-electron chi connectivity index (χ0n) is 12.4. The van der Waals surface area contributed by atoms with Crippen molar-refractivity contribution in [3.63, 3.8) is 0 Å². The second-order valence-electron chi connectivity index (χ2n) is 4.79. The van der Waals surface area contributed by atoms with Crippen molar-refractivity contribution in [2.24, 2.45) is 0 Å². The summed E-state index contributed by atoms with van der Waals surface area (Å²) in [5.74, 6) is 0.881. The number of carbonyl (C=O) groups excluding carboxylic acids is 1. The molecule has 1 atom stereocenters. The lowest BCUT2D eigenvalue weighted by molar-refractivity contribution is -0.119. The van der Waals surface area contributed by atoms with Gasteiger partial charge in [0.2, 0.25) is 11.1 Å². The summed E-state index contributed by atoms with van der Waals surface area (Å²) in [7, 11) is 0. The number of amides is 1. The maximum Gasteiger partial charge on any atom is 0.231 e. The molecule has 3 rings (SSSR count). The van der Waals surface area contributed by atoms with E-state index in [9.17, 15) is 4.79 Å². The van der Waals surface area contributed by atoms with Crippen LogP contribution >= 0.6 is 23.1 Å². The normalized spacial score (nSPS) is 12.2. The molecule has 0 radical (unpaired) electrons. The molecule has 23 heavy (non-hydrogen) atoms. The summed E-state index contributed by atoms with van der Waals surface area (Å²) in [6, 6.07) is 7.48. The van der Waals surface area contributed by atoms with E-state index in [1.165, 1.54) is 11.8 Å². The molecule has 3 aromatic heterocycles. The van der Waals surface area contributed by atoms with Gasteiger partial charge in [0.25, 0.3) is 0 Å². The number of nitrogens with zero attached hydrogens (tertiary/aromatic N) is 4. The van der Waals surface area contributed by atoms with Crippen LogP contribution in [0.2, 0.25) is 0 Å². The first-order chi connectivity index (χ1) is 11.2. The Bertz CT molecular complexity index is 739. The number of thiophene rings is 1. The molecule has 0 saturated carbocycles. The van der Waals surface area contributed by atoms with Crippen molar-refractivity contribution >= 4 is 29.0 Å². The van der Waals surface area contributed by atoms with E-state index in [1.807, 2.05) is 30.5 Å². The van der Waals surface area contributed by atoms with E-state index in [0.29, 0.717) is 11.7 Å². The van der Waals surface area contributed by atoms with Gasteiger partial charge in [-0.3, -0.25) is 4.79 Å². The quantitative estimate of drug-likeness (QED) is 0.659. The van der Waals surface area contributed by atoms with Gasteiger partial charge < -0.3 is 9.73 Å². The molecule has 0 aliphatic carbocycles. The van der Waals surface area contributed by atoms with Gasteiger partial charge in [-0.1, -0.05) is 17.8 Å². The van der Waals surface area contributed by atoms with Crippen LogP contribution in [0.4, 0.5) is 0 Å². The van der Waals surface area contributed by atoms with Crippen LogP contribution in [0.3, 0.4) is 0 Å². The molecule has 0 aliphatic heterocycles. The number of aromatic nitrogens is 4. The van der Waals surface area contributed by atoms with E-state index in [0.717, 1.165) is 10.6 Å². The maximum absolute atomic E-state index is 12.0. The molecular weight excluding hydrogens is 334 g/mol.